The van der Waals surface area contributed by atoms with Gasteiger partial charge in [0.2, 0.25) is 6.41 Å². The van der Waals surface area contributed by atoms with E-state index in [-0.39, 0.29) is 11.9 Å². The second kappa shape index (κ2) is 9.23. The largest absolute Gasteiger partial charge is 0.480 e. The summed E-state index contributed by atoms with van der Waals surface area (Å²) >= 11 is 6.04. The summed E-state index contributed by atoms with van der Waals surface area (Å²) in [7, 11) is 0. The molecule has 2 unspecified atom stereocenters. The average Bonchev–Trinajstić information content (AvgIpc) is 2.67. The Balaban J connectivity index is 2.28. The summed E-state index contributed by atoms with van der Waals surface area (Å²) in [5, 5.41) is 3.09. The first-order valence-corrected chi connectivity index (χ1v) is 8.97. The van der Waals surface area contributed by atoms with Crippen LogP contribution in [0.5, 0.6) is 5.75 Å². The number of halogens is 1. The minimum Gasteiger partial charge on any atom is -0.480 e. The van der Waals surface area contributed by atoms with E-state index in [0.717, 1.165) is 4.68 Å². The van der Waals surface area contributed by atoms with Gasteiger partial charge < -0.3 is 15.8 Å². The SMILES string of the molecule is CCC(Oc1ccc(Cl)cc1C(C)NC=O)C(=O)Nn1c(C)cnc(N)c1=O. The van der Waals surface area contributed by atoms with Crippen LogP contribution in [0.3, 0.4) is 0 Å². The molecule has 2 atom stereocenters. The molecule has 0 spiro atoms. The number of carbonyl (C=O) groups excluding carboxylic acids is 2. The number of ether oxygens (including phenoxy) is 1. The number of nitrogens with one attached hydrogen (secondary N) is 2. The van der Waals surface area contributed by atoms with Gasteiger partial charge in [0.05, 0.1) is 17.9 Å². The number of nitrogen functional groups attached to an aromatic ring is 1. The monoisotopic (exact) mass is 407 g/mol. The summed E-state index contributed by atoms with van der Waals surface area (Å²) in [6.45, 7) is 5.14. The van der Waals surface area contributed by atoms with E-state index in [1.165, 1.54) is 6.20 Å². The van der Waals surface area contributed by atoms with E-state index in [0.29, 0.717) is 34.9 Å². The molecule has 2 amide bonds. The molecule has 0 fully saturated rings. The summed E-state index contributed by atoms with van der Waals surface area (Å²) in [5.41, 5.74) is 8.42. The lowest BCUT2D eigenvalue weighted by Crippen LogP contribution is -2.42. The predicted octanol–water partition coefficient (Wildman–Crippen LogP) is 1.52. The molecule has 1 aromatic heterocycles. The summed E-state index contributed by atoms with van der Waals surface area (Å²) in [6, 6.07) is 4.52. The standard InChI is InChI=1S/C18H22ClN5O4/c1-4-14(17(26)23-24-10(2)8-21-16(20)18(24)27)28-15-6-5-12(19)7-13(15)11(3)22-9-25/h5-9,11,14H,4H2,1-3H3,(H2,20,21)(H,22,25)(H,23,26). The zero-order chi connectivity index (χ0) is 20.8. The Morgan fingerprint density at radius 3 is 2.82 bits per heavy atom. The molecule has 0 aliphatic carbocycles. The van der Waals surface area contributed by atoms with Gasteiger partial charge in [-0.2, -0.15) is 0 Å². The maximum absolute atomic E-state index is 12.7. The zero-order valence-electron chi connectivity index (χ0n) is 15.7. The van der Waals surface area contributed by atoms with Gasteiger partial charge in [-0.1, -0.05) is 18.5 Å². The quantitative estimate of drug-likeness (QED) is 0.569. The van der Waals surface area contributed by atoms with Gasteiger partial charge in [-0.15, -0.1) is 0 Å². The fourth-order valence-corrected chi connectivity index (χ4v) is 2.68. The van der Waals surface area contributed by atoms with Crippen LogP contribution < -0.4 is 26.8 Å². The highest BCUT2D eigenvalue weighted by atomic mass is 35.5. The maximum Gasteiger partial charge on any atom is 0.311 e. The lowest BCUT2D eigenvalue weighted by molar-refractivity contribution is -0.124. The van der Waals surface area contributed by atoms with Crippen LogP contribution in [0.2, 0.25) is 5.02 Å². The molecule has 9 nitrogen and oxygen atoms in total. The normalized spacial score (nSPS) is 12.7. The second-order valence-electron chi connectivity index (χ2n) is 6.10. The van der Waals surface area contributed by atoms with Gasteiger partial charge in [-0.3, -0.25) is 19.8 Å². The molecule has 150 valence electrons. The van der Waals surface area contributed by atoms with E-state index in [9.17, 15) is 14.4 Å². The molecule has 0 bridgehead atoms. The molecule has 10 heteroatoms. The number of aromatic nitrogens is 2. The topological polar surface area (TPSA) is 128 Å². The summed E-state index contributed by atoms with van der Waals surface area (Å²) in [4.78, 5) is 39.3. The van der Waals surface area contributed by atoms with Crippen molar-refractivity contribution < 1.29 is 14.3 Å². The molecule has 0 radical (unpaired) electrons. The number of benzene rings is 1. The van der Waals surface area contributed by atoms with Gasteiger partial charge in [0.1, 0.15) is 5.75 Å². The minimum atomic E-state index is -0.899. The molecule has 1 heterocycles. The van der Waals surface area contributed by atoms with Crippen LogP contribution in [0.15, 0.2) is 29.2 Å². The van der Waals surface area contributed by atoms with Gasteiger partial charge in [-0.25, -0.2) is 9.66 Å². The van der Waals surface area contributed by atoms with E-state index in [2.05, 4.69) is 15.7 Å². The fourth-order valence-electron chi connectivity index (χ4n) is 2.50. The van der Waals surface area contributed by atoms with E-state index in [4.69, 9.17) is 22.1 Å². The van der Waals surface area contributed by atoms with Crippen LogP contribution in [-0.2, 0) is 9.59 Å². The molecule has 2 aromatic rings. The Hall–Kier alpha value is -3.07. The zero-order valence-corrected chi connectivity index (χ0v) is 16.5. The number of hydrogen-bond acceptors (Lipinski definition) is 6. The van der Waals surface area contributed by atoms with Crippen molar-refractivity contribution in [2.45, 2.75) is 39.3 Å². The van der Waals surface area contributed by atoms with Gasteiger partial charge in [0.15, 0.2) is 11.9 Å². The first-order valence-electron chi connectivity index (χ1n) is 8.59. The van der Waals surface area contributed by atoms with Gasteiger partial charge in [0, 0.05) is 10.6 Å². The van der Waals surface area contributed by atoms with Crippen molar-refractivity contribution in [3.63, 3.8) is 0 Å². The predicted molar refractivity (Wildman–Crippen MR) is 106 cm³/mol. The molecule has 2 rings (SSSR count). The Morgan fingerprint density at radius 2 is 2.18 bits per heavy atom. The van der Waals surface area contributed by atoms with Crippen molar-refractivity contribution in [2.75, 3.05) is 11.2 Å². The summed E-state index contributed by atoms with van der Waals surface area (Å²) in [5.74, 6) is -0.365. The number of hydrogen-bond donors (Lipinski definition) is 3. The number of amides is 2. The molecule has 0 aliphatic rings. The first-order chi connectivity index (χ1) is 13.3. The van der Waals surface area contributed by atoms with Crippen LogP contribution in [0.1, 0.15) is 37.6 Å². The van der Waals surface area contributed by atoms with Gasteiger partial charge in [-0.05, 0) is 38.5 Å². The molecule has 28 heavy (non-hydrogen) atoms. The fraction of sp³-hybridized carbons (Fsp3) is 0.333. The van der Waals surface area contributed by atoms with E-state index in [1.807, 2.05) is 0 Å². The van der Waals surface area contributed by atoms with Gasteiger partial charge >= 0.3 is 5.56 Å². The number of anilines is 1. The molecule has 0 saturated heterocycles. The second-order valence-corrected chi connectivity index (χ2v) is 6.54. The van der Waals surface area contributed by atoms with Crippen molar-refractivity contribution >= 4 is 29.7 Å². The lowest BCUT2D eigenvalue weighted by atomic mass is 10.1. The van der Waals surface area contributed by atoms with Gasteiger partial charge in [0.25, 0.3) is 5.91 Å². The number of carbonyl (C=O) groups is 2. The Labute approximate surface area is 166 Å². The first kappa shape index (κ1) is 21.2. The van der Waals surface area contributed by atoms with E-state index < -0.39 is 17.6 Å². The van der Waals surface area contributed by atoms with Crippen molar-refractivity contribution in [3.05, 3.63) is 51.0 Å². The number of rotatable bonds is 8. The van der Waals surface area contributed by atoms with E-state index >= 15 is 0 Å². The maximum atomic E-state index is 12.7. The van der Waals surface area contributed by atoms with Crippen molar-refractivity contribution in [1.29, 1.82) is 0 Å². The number of nitrogens with zero attached hydrogens (tertiary/aromatic N) is 2. The highest BCUT2D eigenvalue weighted by Crippen LogP contribution is 2.29. The molecule has 1 aromatic carbocycles. The molecule has 0 saturated carbocycles. The Bertz CT molecular complexity index is 931. The Kier molecular flexibility index (Phi) is 7.00. The molecule has 4 N–H and O–H groups in total. The van der Waals surface area contributed by atoms with Crippen molar-refractivity contribution in [1.82, 2.24) is 15.0 Å². The average molecular weight is 408 g/mol. The molecule has 0 aliphatic heterocycles. The van der Waals surface area contributed by atoms with Crippen LogP contribution in [0.4, 0.5) is 5.82 Å². The smallest absolute Gasteiger partial charge is 0.311 e. The van der Waals surface area contributed by atoms with Crippen LogP contribution in [0.25, 0.3) is 0 Å². The summed E-state index contributed by atoms with van der Waals surface area (Å²) < 4.78 is 6.90. The summed E-state index contributed by atoms with van der Waals surface area (Å²) in [6.07, 6.45) is 1.38. The third kappa shape index (κ3) is 4.80. The number of nitrogens with two attached hydrogens (primary N) is 1. The van der Waals surface area contributed by atoms with Crippen molar-refractivity contribution in [2.24, 2.45) is 0 Å². The number of aryl methyl sites for hydroxylation is 1. The minimum absolute atomic E-state index is 0.228. The third-order valence-electron chi connectivity index (χ3n) is 4.08. The lowest BCUT2D eigenvalue weighted by Gasteiger charge is -2.22. The molecular formula is C18H22ClN5O4. The van der Waals surface area contributed by atoms with Crippen LogP contribution in [-0.4, -0.2) is 28.1 Å². The highest BCUT2D eigenvalue weighted by molar-refractivity contribution is 6.30. The van der Waals surface area contributed by atoms with Crippen LogP contribution >= 0.6 is 11.6 Å². The molecular weight excluding hydrogens is 386 g/mol. The van der Waals surface area contributed by atoms with Crippen LogP contribution in [0, 0.1) is 6.92 Å². The third-order valence-corrected chi connectivity index (χ3v) is 4.31. The van der Waals surface area contributed by atoms with Crippen molar-refractivity contribution in [3.8, 4) is 5.75 Å². The van der Waals surface area contributed by atoms with E-state index in [1.54, 1.807) is 39.0 Å². The highest BCUT2D eigenvalue weighted by Gasteiger charge is 2.22. The Morgan fingerprint density at radius 1 is 1.46 bits per heavy atom.